The molecule has 27 heavy (non-hydrogen) atoms. The molecule has 5 heteroatoms. The number of hydrogen-bond donors (Lipinski definition) is 1. The third kappa shape index (κ3) is 5.14. The van der Waals surface area contributed by atoms with Gasteiger partial charge in [0.15, 0.2) is 5.76 Å². The Morgan fingerprint density at radius 1 is 1.11 bits per heavy atom. The van der Waals surface area contributed by atoms with E-state index in [0.717, 1.165) is 43.8 Å². The van der Waals surface area contributed by atoms with Crippen LogP contribution >= 0.6 is 12.4 Å². The molecule has 0 unspecified atom stereocenters. The lowest BCUT2D eigenvalue weighted by atomic mass is 9.86. The van der Waals surface area contributed by atoms with Crippen LogP contribution in [0.5, 0.6) is 0 Å². The lowest BCUT2D eigenvalue weighted by Crippen LogP contribution is -2.40. The first-order chi connectivity index (χ1) is 12.4. The quantitative estimate of drug-likeness (QED) is 0.820. The van der Waals surface area contributed by atoms with E-state index in [1.807, 2.05) is 18.0 Å². The minimum Gasteiger partial charge on any atom is -0.451 e. The van der Waals surface area contributed by atoms with Crippen LogP contribution in [0.3, 0.4) is 0 Å². The number of carbonyl (C=O) groups excluding carboxylic acids is 1. The number of furan rings is 1. The van der Waals surface area contributed by atoms with Gasteiger partial charge in [-0.15, -0.1) is 12.4 Å². The highest BCUT2D eigenvalue weighted by molar-refractivity contribution is 5.92. The monoisotopic (exact) mass is 390 g/mol. The number of nitrogens with zero attached hydrogens (tertiary/aromatic N) is 1. The van der Waals surface area contributed by atoms with Crippen LogP contribution in [-0.4, -0.2) is 37.5 Å². The molecule has 1 fully saturated rings. The number of carbonyl (C=O) groups is 1. The number of hydrogen-bond acceptors (Lipinski definition) is 3. The fourth-order valence-corrected chi connectivity index (χ4v) is 3.53. The molecule has 1 aliphatic rings. The summed E-state index contributed by atoms with van der Waals surface area (Å²) in [7, 11) is 1.98. The van der Waals surface area contributed by atoms with E-state index in [1.165, 1.54) is 5.56 Å². The number of likely N-dealkylation sites (tertiary alicyclic amines) is 1. The molecule has 1 aliphatic heterocycles. The SMILES string of the molecule is CNCC1CCN(C(=O)c2ccc(-c3ccc(C(C)(C)C)cc3)o2)CC1.Cl. The lowest BCUT2D eigenvalue weighted by molar-refractivity contribution is 0.0660. The largest absolute Gasteiger partial charge is 0.451 e. The van der Waals surface area contributed by atoms with Crippen LogP contribution in [0.2, 0.25) is 0 Å². The highest BCUT2D eigenvalue weighted by atomic mass is 35.5. The van der Waals surface area contributed by atoms with E-state index in [2.05, 4.69) is 50.4 Å². The van der Waals surface area contributed by atoms with Crippen LogP contribution in [0, 0.1) is 5.92 Å². The van der Waals surface area contributed by atoms with Crippen LogP contribution in [0.25, 0.3) is 11.3 Å². The summed E-state index contributed by atoms with van der Waals surface area (Å²) in [6.45, 7) is 9.24. The second kappa shape index (κ2) is 8.94. The third-order valence-corrected chi connectivity index (χ3v) is 5.25. The van der Waals surface area contributed by atoms with Crippen LogP contribution in [-0.2, 0) is 5.41 Å². The number of halogens is 1. The summed E-state index contributed by atoms with van der Waals surface area (Å²) in [6.07, 6.45) is 2.10. The average Bonchev–Trinajstić information content (AvgIpc) is 3.11. The first-order valence-corrected chi connectivity index (χ1v) is 9.53. The van der Waals surface area contributed by atoms with Gasteiger partial charge in [-0.05, 0) is 55.5 Å². The van der Waals surface area contributed by atoms with Crippen molar-refractivity contribution in [3.8, 4) is 11.3 Å². The molecule has 2 aromatic rings. The van der Waals surface area contributed by atoms with Gasteiger partial charge in [0.05, 0.1) is 0 Å². The zero-order valence-electron chi connectivity index (χ0n) is 16.7. The Labute approximate surface area is 168 Å². The van der Waals surface area contributed by atoms with Gasteiger partial charge in [0.2, 0.25) is 0 Å². The molecule has 2 heterocycles. The van der Waals surface area contributed by atoms with Gasteiger partial charge >= 0.3 is 0 Å². The van der Waals surface area contributed by atoms with E-state index in [-0.39, 0.29) is 23.7 Å². The zero-order valence-corrected chi connectivity index (χ0v) is 17.6. The van der Waals surface area contributed by atoms with Gasteiger partial charge in [0, 0.05) is 18.7 Å². The summed E-state index contributed by atoms with van der Waals surface area (Å²) in [5.41, 5.74) is 2.42. The number of nitrogens with one attached hydrogen (secondary N) is 1. The number of rotatable bonds is 4. The molecule has 1 aromatic carbocycles. The fourth-order valence-electron chi connectivity index (χ4n) is 3.53. The van der Waals surface area contributed by atoms with E-state index in [1.54, 1.807) is 6.07 Å². The second-order valence-electron chi connectivity index (χ2n) is 8.28. The van der Waals surface area contributed by atoms with Crippen molar-refractivity contribution in [2.75, 3.05) is 26.7 Å². The second-order valence-corrected chi connectivity index (χ2v) is 8.28. The molecule has 3 rings (SSSR count). The first-order valence-electron chi connectivity index (χ1n) is 9.53. The molecule has 1 aromatic heterocycles. The molecule has 1 amide bonds. The molecule has 148 valence electrons. The molecule has 0 spiro atoms. The van der Waals surface area contributed by atoms with E-state index in [0.29, 0.717) is 11.7 Å². The Morgan fingerprint density at radius 3 is 2.30 bits per heavy atom. The van der Waals surface area contributed by atoms with Crippen molar-refractivity contribution in [2.45, 2.75) is 39.0 Å². The minimum absolute atomic E-state index is 0. The molecule has 1 N–H and O–H groups in total. The van der Waals surface area contributed by atoms with Gasteiger partial charge < -0.3 is 14.6 Å². The Hall–Kier alpha value is -1.78. The summed E-state index contributed by atoms with van der Waals surface area (Å²) in [5.74, 6) is 1.86. The Kier molecular flexibility index (Phi) is 7.12. The molecule has 0 aliphatic carbocycles. The summed E-state index contributed by atoms with van der Waals surface area (Å²) in [4.78, 5) is 14.6. The molecule has 0 atom stereocenters. The van der Waals surface area contributed by atoms with Gasteiger partial charge in [-0.3, -0.25) is 4.79 Å². The first kappa shape index (κ1) is 21.5. The predicted octanol–water partition coefficient (Wildman–Crippen LogP) is 4.74. The van der Waals surface area contributed by atoms with Crippen molar-refractivity contribution in [2.24, 2.45) is 5.92 Å². The molecule has 0 bridgehead atoms. The van der Waals surface area contributed by atoms with Gasteiger partial charge in [-0.25, -0.2) is 0 Å². The van der Waals surface area contributed by atoms with Gasteiger partial charge in [-0.1, -0.05) is 45.0 Å². The van der Waals surface area contributed by atoms with Crippen LogP contribution in [0.1, 0.15) is 49.7 Å². The molecular formula is C22H31ClN2O2. The van der Waals surface area contributed by atoms with Crippen molar-refractivity contribution in [3.63, 3.8) is 0 Å². The Morgan fingerprint density at radius 2 is 1.74 bits per heavy atom. The maximum Gasteiger partial charge on any atom is 0.289 e. The van der Waals surface area contributed by atoms with Crippen LogP contribution < -0.4 is 5.32 Å². The predicted molar refractivity (Wildman–Crippen MR) is 113 cm³/mol. The van der Waals surface area contributed by atoms with Crippen molar-refractivity contribution in [3.05, 3.63) is 47.7 Å². The Bertz CT molecular complexity index is 738. The number of amides is 1. The summed E-state index contributed by atoms with van der Waals surface area (Å²) < 4.78 is 5.88. The van der Waals surface area contributed by atoms with Crippen molar-refractivity contribution < 1.29 is 9.21 Å². The highest BCUT2D eigenvalue weighted by Crippen LogP contribution is 2.28. The summed E-state index contributed by atoms with van der Waals surface area (Å²) in [6, 6.07) is 12.1. The smallest absolute Gasteiger partial charge is 0.289 e. The van der Waals surface area contributed by atoms with Crippen LogP contribution in [0.4, 0.5) is 0 Å². The van der Waals surface area contributed by atoms with E-state index in [9.17, 15) is 4.79 Å². The van der Waals surface area contributed by atoms with Gasteiger partial charge in [0.1, 0.15) is 5.76 Å². The molecular weight excluding hydrogens is 360 g/mol. The topological polar surface area (TPSA) is 45.5 Å². The lowest BCUT2D eigenvalue weighted by Gasteiger charge is -2.31. The highest BCUT2D eigenvalue weighted by Gasteiger charge is 2.25. The molecule has 0 radical (unpaired) electrons. The van der Waals surface area contributed by atoms with Gasteiger partial charge in [-0.2, -0.15) is 0 Å². The zero-order chi connectivity index (χ0) is 18.7. The maximum atomic E-state index is 12.7. The number of benzene rings is 1. The third-order valence-electron chi connectivity index (χ3n) is 5.25. The molecule has 4 nitrogen and oxygen atoms in total. The minimum atomic E-state index is 0. The summed E-state index contributed by atoms with van der Waals surface area (Å²) in [5, 5.41) is 3.23. The maximum absolute atomic E-state index is 12.7. The summed E-state index contributed by atoms with van der Waals surface area (Å²) >= 11 is 0. The fraction of sp³-hybridized carbons (Fsp3) is 0.500. The van der Waals surface area contributed by atoms with E-state index >= 15 is 0 Å². The normalized spacial score (nSPS) is 15.5. The molecule has 1 saturated heterocycles. The van der Waals surface area contributed by atoms with Crippen molar-refractivity contribution >= 4 is 18.3 Å². The van der Waals surface area contributed by atoms with Gasteiger partial charge in [0.25, 0.3) is 5.91 Å². The van der Waals surface area contributed by atoms with E-state index in [4.69, 9.17) is 4.42 Å². The Balaban J connectivity index is 0.00000261. The van der Waals surface area contributed by atoms with Crippen molar-refractivity contribution in [1.82, 2.24) is 10.2 Å². The van der Waals surface area contributed by atoms with Crippen molar-refractivity contribution in [1.29, 1.82) is 0 Å². The number of piperidine rings is 1. The molecule has 0 saturated carbocycles. The van der Waals surface area contributed by atoms with Crippen LogP contribution in [0.15, 0.2) is 40.8 Å². The van der Waals surface area contributed by atoms with E-state index < -0.39 is 0 Å². The average molecular weight is 391 g/mol. The standard InChI is InChI=1S/C22H30N2O2.ClH/c1-22(2,3)18-7-5-17(6-8-18)19-9-10-20(26-19)21(25)24-13-11-16(12-14-24)15-23-4;/h5-10,16,23H,11-15H2,1-4H3;1H.